The fourth-order valence-corrected chi connectivity index (χ4v) is 2.34. The first-order valence-electron chi connectivity index (χ1n) is 6.64. The lowest BCUT2D eigenvalue weighted by molar-refractivity contribution is 0.0109. The van der Waals surface area contributed by atoms with E-state index in [0.29, 0.717) is 0 Å². The molecule has 0 aliphatic carbocycles. The van der Waals surface area contributed by atoms with Crippen molar-refractivity contribution in [1.29, 1.82) is 0 Å². The fourth-order valence-electron chi connectivity index (χ4n) is 2.34. The van der Waals surface area contributed by atoms with E-state index in [4.69, 9.17) is 4.74 Å². The van der Waals surface area contributed by atoms with Crippen molar-refractivity contribution in [2.75, 3.05) is 19.8 Å². The Bertz CT molecular complexity index is 384. The SMILES string of the molecule is CCc1cc(CNC2(CO)CCOCC2)n(C)n1. The molecule has 2 N–H and O–H groups in total. The van der Waals surface area contributed by atoms with Crippen LogP contribution in [-0.2, 0) is 24.8 Å². The molecule has 1 aliphatic rings. The van der Waals surface area contributed by atoms with Crippen LogP contribution < -0.4 is 5.32 Å². The first-order valence-corrected chi connectivity index (χ1v) is 6.64. The molecule has 0 aromatic carbocycles. The van der Waals surface area contributed by atoms with Gasteiger partial charge < -0.3 is 15.2 Å². The van der Waals surface area contributed by atoms with Crippen molar-refractivity contribution in [3.05, 3.63) is 17.5 Å². The summed E-state index contributed by atoms with van der Waals surface area (Å²) in [6, 6.07) is 2.12. The van der Waals surface area contributed by atoms with Crippen LogP contribution in [0.25, 0.3) is 0 Å². The number of aryl methyl sites for hydroxylation is 2. The summed E-state index contributed by atoms with van der Waals surface area (Å²) < 4.78 is 7.27. The lowest BCUT2D eigenvalue weighted by Gasteiger charge is -2.36. The molecule has 1 fully saturated rings. The molecule has 0 atom stereocenters. The molecule has 0 bridgehead atoms. The molecule has 0 amide bonds. The molecule has 0 unspecified atom stereocenters. The standard InChI is InChI=1S/C13H23N3O2/c1-3-11-8-12(16(2)15-11)9-14-13(10-17)4-6-18-7-5-13/h8,14,17H,3-7,9-10H2,1-2H3. The summed E-state index contributed by atoms with van der Waals surface area (Å²) in [7, 11) is 1.96. The first kappa shape index (κ1) is 13.5. The molecule has 2 heterocycles. The third kappa shape index (κ3) is 2.91. The molecule has 0 spiro atoms. The van der Waals surface area contributed by atoms with Gasteiger partial charge in [0.2, 0.25) is 0 Å². The number of nitrogens with one attached hydrogen (secondary N) is 1. The third-order valence-corrected chi connectivity index (χ3v) is 3.79. The molecule has 5 heteroatoms. The molecule has 0 saturated carbocycles. The summed E-state index contributed by atoms with van der Waals surface area (Å²) in [6.07, 6.45) is 2.68. The predicted octanol–water partition coefficient (Wildman–Crippen LogP) is 0.614. The van der Waals surface area contributed by atoms with E-state index < -0.39 is 0 Å². The Labute approximate surface area is 108 Å². The molecule has 1 aromatic rings. The van der Waals surface area contributed by atoms with Crippen LogP contribution in [0.1, 0.15) is 31.2 Å². The van der Waals surface area contributed by atoms with E-state index in [-0.39, 0.29) is 12.1 Å². The zero-order valence-corrected chi connectivity index (χ0v) is 11.3. The minimum atomic E-state index is -0.186. The van der Waals surface area contributed by atoms with Gasteiger partial charge in [0.1, 0.15) is 0 Å². The van der Waals surface area contributed by atoms with Crippen molar-refractivity contribution in [1.82, 2.24) is 15.1 Å². The summed E-state index contributed by atoms with van der Waals surface area (Å²) in [5, 5.41) is 17.5. The Morgan fingerprint density at radius 1 is 1.50 bits per heavy atom. The highest BCUT2D eigenvalue weighted by Crippen LogP contribution is 2.20. The number of hydrogen-bond acceptors (Lipinski definition) is 4. The molecule has 1 saturated heterocycles. The van der Waals surface area contributed by atoms with Gasteiger partial charge in [-0.1, -0.05) is 6.92 Å². The van der Waals surface area contributed by atoms with Crippen molar-refractivity contribution in [3.63, 3.8) is 0 Å². The average Bonchev–Trinajstić information content (AvgIpc) is 2.78. The van der Waals surface area contributed by atoms with Gasteiger partial charge in [0.05, 0.1) is 18.0 Å². The van der Waals surface area contributed by atoms with E-state index in [1.54, 1.807) is 0 Å². The van der Waals surface area contributed by atoms with Gasteiger partial charge in [0.15, 0.2) is 0 Å². The molecular formula is C13H23N3O2. The number of rotatable bonds is 5. The normalized spacial score (nSPS) is 19.1. The summed E-state index contributed by atoms with van der Waals surface area (Å²) in [5.74, 6) is 0. The van der Waals surface area contributed by atoms with E-state index in [1.165, 1.54) is 0 Å². The maximum absolute atomic E-state index is 9.60. The van der Waals surface area contributed by atoms with Crippen molar-refractivity contribution in [3.8, 4) is 0 Å². The maximum atomic E-state index is 9.60. The van der Waals surface area contributed by atoms with Gasteiger partial charge in [-0.15, -0.1) is 0 Å². The van der Waals surface area contributed by atoms with Crippen LogP contribution in [0.2, 0.25) is 0 Å². The number of nitrogens with zero attached hydrogens (tertiary/aromatic N) is 2. The molecule has 2 rings (SSSR count). The molecule has 18 heavy (non-hydrogen) atoms. The summed E-state index contributed by atoms with van der Waals surface area (Å²) >= 11 is 0. The van der Waals surface area contributed by atoms with E-state index in [9.17, 15) is 5.11 Å². The van der Waals surface area contributed by atoms with E-state index >= 15 is 0 Å². The predicted molar refractivity (Wildman–Crippen MR) is 69.3 cm³/mol. The Morgan fingerprint density at radius 2 is 2.22 bits per heavy atom. The zero-order chi connectivity index (χ0) is 13.0. The monoisotopic (exact) mass is 253 g/mol. The van der Waals surface area contributed by atoms with E-state index in [1.807, 2.05) is 11.7 Å². The minimum Gasteiger partial charge on any atom is -0.394 e. The van der Waals surface area contributed by atoms with Crippen molar-refractivity contribution < 1.29 is 9.84 Å². The highest BCUT2D eigenvalue weighted by atomic mass is 16.5. The van der Waals surface area contributed by atoms with Gasteiger partial charge >= 0.3 is 0 Å². The van der Waals surface area contributed by atoms with Crippen LogP contribution in [0.15, 0.2) is 6.07 Å². The molecule has 1 aromatic heterocycles. The van der Waals surface area contributed by atoms with E-state index in [2.05, 4.69) is 23.4 Å². The molecule has 1 aliphatic heterocycles. The smallest absolute Gasteiger partial charge is 0.0625 e. The van der Waals surface area contributed by atoms with Gasteiger partial charge in [-0.25, -0.2) is 0 Å². The van der Waals surface area contributed by atoms with Crippen LogP contribution in [-0.4, -0.2) is 40.2 Å². The lowest BCUT2D eigenvalue weighted by Crippen LogP contribution is -2.52. The quantitative estimate of drug-likeness (QED) is 0.807. The van der Waals surface area contributed by atoms with Crippen molar-refractivity contribution >= 4 is 0 Å². The Morgan fingerprint density at radius 3 is 2.78 bits per heavy atom. The van der Waals surface area contributed by atoms with Gasteiger partial charge in [-0.2, -0.15) is 5.10 Å². The minimum absolute atomic E-state index is 0.162. The molecule has 0 radical (unpaired) electrons. The second-order valence-corrected chi connectivity index (χ2v) is 5.01. The number of aliphatic hydroxyl groups excluding tert-OH is 1. The topological polar surface area (TPSA) is 59.3 Å². The largest absolute Gasteiger partial charge is 0.394 e. The fraction of sp³-hybridized carbons (Fsp3) is 0.769. The third-order valence-electron chi connectivity index (χ3n) is 3.79. The second kappa shape index (κ2) is 5.82. The van der Waals surface area contributed by atoms with Crippen LogP contribution in [0.4, 0.5) is 0 Å². The molecule has 5 nitrogen and oxygen atoms in total. The Kier molecular flexibility index (Phi) is 4.37. The number of aromatic nitrogens is 2. The van der Waals surface area contributed by atoms with Gasteiger partial charge in [0.25, 0.3) is 0 Å². The summed E-state index contributed by atoms with van der Waals surface area (Å²) in [6.45, 7) is 4.45. The van der Waals surface area contributed by atoms with Crippen LogP contribution in [0.3, 0.4) is 0 Å². The maximum Gasteiger partial charge on any atom is 0.0625 e. The van der Waals surface area contributed by atoms with E-state index in [0.717, 1.165) is 50.4 Å². The van der Waals surface area contributed by atoms with Gasteiger partial charge in [0, 0.05) is 32.3 Å². The molecular weight excluding hydrogens is 230 g/mol. The van der Waals surface area contributed by atoms with Crippen molar-refractivity contribution in [2.24, 2.45) is 7.05 Å². The number of hydrogen-bond donors (Lipinski definition) is 2. The van der Waals surface area contributed by atoms with Gasteiger partial charge in [-0.05, 0) is 25.3 Å². The number of aliphatic hydroxyl groups is 1. The Balaban J connectivity index is 1.98. The van der Waals surface area contributed by atoms with Crippen LogP contribution in [0, 0.1) is 0 Å². The lowest BCUT2D eigenvalue weighted by atomic mass is 9.91. The summed E-state index contributed by atoms with van der Waals surface area (Å²) in [5.41, 5.74) is 2.08. The second-order valence-electron chi connectivity index (χ2n) is 5.01. The number of ether oxygens (including phenoxy) is 1. The molecule has 102 valence electrons. The average molecular weight is 253 g/mol. The Hall–Kier alpha value is -0.910. The van der Waals surface area contributed by atoms with Crippen molar-refractivity contribution in [2.45, 2.75) is 38.3 Å². The highest BCUT2D eigenvalue weighted by molar-refractivity contribution is 5.10. The van der Waals surface area contributed by atoms with Crippen LogP contribution >= 0.6 is 0 Å². The first-order chi connectivity index (χ1) is 8.69. The summed E-state index contributed by atoms with van der Waals surface area (Å²) in [4.78, 5) is 0. The van der Waals surface area contributed by atoms with Crippen LogP contribution in [0.5, 0.6) is 0 Å². The van der Waals surface area contributed by atoms with Gasteiger partial charge in [-0.3, -0.25) is 4.68 Å². The highest BCUT2D eigenvalue weighted by Gasteiger charge is 2.31. The zero-order valence-electron chi connectivity index (χ0n) is 11.3.